The van der Waals surface area contributed by atoms with E-state index in [1.807, 2.05) is 36.0 Å². The highest BCUT2D eigenvalue weighted by Gasteiger charge is 2.11. The normalized spacial score (nSPS) is 12.7. The van der Waals surface area contributed by atoms with Gasteiger partial charge in [0, 0.05) is 35.5 Å². The fraction of sp³-hybridized carbons (Fsp3) is 0.250. The maximum atomic E-state index is 6.16. The van der Waals surface area contributed by atoms with Crippen LogP contribution in [0.5, 0.6) is 0 Å². The number of nitrogens with two attached hydrogens (primary N) is 1. The molecule has 1 unspecified atom stereocenters. The van der Waals surface area contributed by atoms with Crippen molar-refractivity contribution in [3.8, 4) is 0 Å². The quantitative estimate of drug-likeness (QED) is 0.854. The molecule has 1 heterocycles. The molecule has 0 aliphatic heterocycles. The number of halogens is 2. The van der Waals surface area contributed by atoms with Crippen LogP contribution in [0.4, 0.5) is 0 Å². The van der Waals surface area contributed by atoms with Crippen LogP contribution in [0.25, 0.3) is 0 Å². The smallest absolute Gasteiger partial charge is 0.110 e. The predicted molar refractivity (Wildman–Crippen MR) is 78.0 cm³/mol. The molecular weight excluding hydrogens is 349 g/mol. The highest BCUT2D eigenvalue weighted by atomic mass is 127. The molecule has 2 aromatic rings. The Morgan fingerprint density at radius 1 is 1.53 bits per heavy atom. The summed E-state index contributed by atoms with van der Waals surface area (Å²) in [5.41, 5.74) is 7.20. The Balaban J connectivity index is 2.17. The average molecular weight is 362 g/mol. The van der Waals surface area contributed by atoms with Gasteiger partial charge < -0.3 is 10.3 Å². The molecule has 0 radical (unpaired) electrons. The summed E-state index contributed by atoms with van der Waals surface area (Å²) in [6.07, 6.45) is 4.41. The third-order valence-corrected chi connectivity index (χ3v) is 4.27. The van der Waals surface area contributed by atoms with Gasteiger partial charge in [0.15, 0.2) is 0 Å². The lowest BCUT2D eigenvalue weighted by atomic mass is 10.0. The fourth-order valence-electron chi connectivity index (χ4n) is 1.65. The summed E-state index contributed by atoms with van der Waals surface area (Å²) < 4.78 is 3.02. The maximum absolute atomic E-state index is 6.16. The van der Waals surface area contributed by atoms with Gasteiger partial charge in [-0.15, -0.1) is 0 Å². The second-order valence-corrected chi connectivity index (χ2v) is 5.51. The van der Waals surface area contributed by atoms with Crippen LogP contribution in [0.1, 0.15) is 17.4 Å². The molecule has 0 saturated carbocycles. The second-order valence-electron chi connectivity index (χ2n) is 3.94. The zero-order valence-electron chi connectivity index (χ0n) is 9.40. The minimum Gasteiger partial charge on any atom is -0.338 e. The van der Waals surface area contributed by atoms with E-state index in [0.717, 1.165) is 20.0 Å². The Labute approximate surface area is 119 Å². The van der Waals surface area contributed by atoms with Crippen LogP contribution in [0.3, 0.4) is 0 Å². The minimum absolute atomic E-state index is 0.0781. The van der Waals surface area contributed by atoms with Crippen LogP contribution in [-0.2, 0) is 13.5 Å². The van der Waals surface area contributed by atoms with Crippen molar-refractivity contribution in [3.05, 3.63) is 50.6 Å². The zero-order chi connectivity index (χ0) is 12.4. The molecule has 90 valence electrons. The van der Waals surface area contributed by atoms with Crippen LogP contribution < -0.4 is 5.73 Å². The molecule has 0 amide bonds. The largest absolute Gasteiger partial charge is 0.338 e. The van der Waals surface area contributed by atoms with Crippen LogP contribution in [0.2, 0.25) is 5.02 Å². The van der Waals surface area contributed by atoms with E-state index in [2.05, 4.69) is 27.6 Å². The monoisotopic (exact) mass is 361 g/mol. The summed E-state index contributed by atoms with van der Waals surface area (Å²) in [6, 6.07) is 5.85. The molecule has 1 atom stereocenters. The molecule has 1 aromatic heterocycles. The number of rotatable bonds is 3. The molecule has 0 fully saturated rings. The first-order valence-electron chi connectivity index (χ1n) is 5.24. The molecule has 0 bridgehead atoms. The van der Waals surface area contributed by atoms with Crippen molar-refractivity contribution in [2.45, 2.75) is 12.5 Å². The Hall–Kier alpha value is -0.590. The Morgan fingerprint density at radius 2 is 2.29 bits per heavy atom. The van der Waals surface area contributed by atoms with Crippen molar-refractivity contribution in [1.29, 1.82) is 0 Å². The molecule has 17 heavy (non-hydrogen) atoms. The first-order chi connectivity index (χ1) is 8.08. The van der Waals surface area contributed by atoms with E-state index in [0.29, 0.717) is 6.42 Å². The van der Waals surface area contributed by atoms with Crippen molar-refractivity contribution in [1.82, 2.24) is 9.55 Å². The third kappa shape index (κ3) is 3.00. The SMILES string of the molecule is Cn1ccnc1CC(N)c1ccc(I)c(Cl)c1. The number of imidazole rings is 1. The van der Waals surface area contributed by atoms with Gasteiger partial charge in [0.25, 0.3) is 0 Å². The number of hydrogen-bond acceptors (Lipinski definition) is 2. The van der Waals surface area contributed by atoms with E-state index in [-0.39, 0.29) is 6.04 Å². The number of aromatic nitrogens is 2. The first-order valence-corrected chi connectivity index (χ1v) is 6.70. The van der Waals surface area contributed by atoms with E-state index >= 15 is 0 Å². The van der Waals surface area contributed by atoms with Gasteiger partial charge in [0.1, 0.15) is 5.82 Å². The minimum atomic E-state index is -0.0781. The number of nitrogens with zero attached hydrogens (tertiary/aromatic N) is 2. The second kappa shape index (κ2) is 5.37. The Kier molecular flexibility index (Phi) is 4.06. The van der Waals surface area contributed by atoms with Gasteiger partial charge >= 0.3 is 0 Å². The van der Waals surface area contributed by atoms with Crippen LogP contribution in [-0.4, -0.2) is 9.55 Å². The van der Waals surface area contributed by atoms with E-state index in [1.165, 1.54) is 0 Å². The molecule has 1 aromatic carbocycles. The zero-order valence-corrected chi connectivity index (χ0v) is 12.3. The number of benzene rings is 1. The van der Waals surface area contributed by atoms with Crippen LogP contribution >= 0.6 is 34.2 Å². The summed E-state index contributed by atoms with van der Waals surface area (Å²) in [5.74, 6) is 0.979. The molecule has 0 aliphatic carbocycles. The number of aryl methyl sites for hydroxylation is 1. The topological polar surface area (TPSA) is 43.8 Å². The van der Waals surface area contributed by atoms with Crippen LogP contribution in [0.15, 0.2) is 30.6 Å². The molecule has 0 aliphatic rings. The number of hydrogen-bond donors (Lipinski definition) is 1. The highest BCUT2D eigenvalue weighted by molar-refractivity contribution is 14.1. The van der Waals surface area contributed by atoms with Crippen LogP contribution in [0, 0.1) is 3.57 Å². The molecule has 2 rings (SSSR count). The van der Waals surface area contributed by atoms with E-state index in [9.17, 15) is 0 Å². The van der Waals surface area contributed by atoms with Crippen molar-refractivity contribution >= 4 is 34.2 Å². The van der Waals surface area contributed by atoms with Gasteiger partial charge in [-0.05, 0) is 40.3 Å². The van der Waals surface area contributed by atoms with Crippen molar-refractivity contribution in [2.24, 2.45) is 12.8 Å². The standard InChI is InChI=1S/C12H13ClIN3/c1-17-5-4-16-12(17)7-11(15)8-2-3-10(14)9(13)6-8/h2-6,11H,7,15H2,1H3. The summed E-state index contributed by atoms with van der Waals surface area (Å²) in [7, 11) is 1.97. The molecule has 2 N–H and O–H groups in total. The maximum Gasteiger partial charge on any atom is 0.110 e. The van der Waals surface area contributed by atoms with Crippen molar-refractivity contribution < 1.29 is 0 Å². The summed E-state index contributed by atoms with van der Waals surface area (Å²) in [5, 5.41) is 0.749. The third-order valence-electron chi connectivity index (χ3n) is 2.70. The first kappa shape index (κ1) is 12.9. The molecule has 5 heteroatoms. The van der Waals surface area contributed by atoms with Gasteiger partial charge in [-0.25, -0.2) is 4.98 Å². The van der Waals surface area contributed by atoms with Crippen molar-refractivity contribution in [3.63, 3.8) is 0 Å². The molecule has 0 spiro atoms. The van der Waals surface area contributed by atoms with E-state index in [4.69, 9.17) is 17.3 Å². The Morgan fingerprint density at radius 3 is 2.88 bits per heavy atom. The molecule has 0 saturated heterocycles. The lowest BCUT2D eigenvalue weighted by molar-refractivity contribution is 0.659. The highest BCUT2D eigenvalue weighted by Crippen LogP contribution is 2.23. The van der Waals surface area contributed by atoms with Gasteiger partial charge in [-0.1, -0.05) is 17.7 Å². The van der Waals surface area contributed by atoms with E-state index < -0.39 is 0 Å². The Bertz CT molecular complexity index is 524. The van der Waals surface area contributed by atoms with E-state index in [1.54, 1.807) is 6.20 Å². The van der Waals surface area contributed by atoms with Gasteiger partial charge in [-0.2, -0.15) is 0 Å². The van der Waals surface area contributed by atoms with Crippen molar-refractivity contribution in [2.75, 3.05) is 0 Å². The lowest BCUT2D eigenvalue weighted by Gasteiger charge is -2.12. The van der Waals surface area contributed by atoms with Gasteiger partial charge in [0.2, 0.25) is 0 Å². The summed E-state index contributed by atoms with van der Waals surface area (Å²) in [4.78, 5) is 4.27. The average Bonchev–Trinajstić information content (AvgIpc) is 2.68. The van der Waals surface area contributed by atoms with Gasteiger partial charge in [0.05, 0.1) is 5.02 Å². The predicted octanol–water partition coefficient (Wildman–Crippen LogP) is 2.92. The summed E-state index contributed by atoms with van der Waals surface area (Å²) in [6.45, 7) is 0. The summed E-state index contributed by atoms with van der Waals surface area (Å²) >= 11 is 8.29. The molecular formula is C12H13ClIN3. The fourth-order valence-corrected chi connectivity index (χ4v) is 2.18. The molecule has 3 nitrogen and oxygen atoms in total. The van der Waals surface area contributed by atoms with Gasteiger partial charge in [-0.3, -0.25) is 0 Å². The lowest BCUT2D eigenvalue weighted by Crippen LogP contribution is -2.15.